The van der Waals surface area contributed by atoms with Gasteiger partial charge in [0.1, 0.15) is 11.2 Å². The summed E-state index contributed by atoms with van der Waals surface area (Å²) in [6.07, 6.45) is 0. The second-order valence-corrected chi connectivity index (χ2v) is 24.0. The van der Waals surface area contributed by atoms with Gasteiger partial charge >= 0.3 is 0 Å². The minimum absolute atomic E-state index is 0.414. The van der Waals surface area contributed by atoms with Crippen LogP contribution >= 0.6 is 0 Å². The number of nitrogens with zero attached hydrogens (tertiary/aromatic N) is 2. The van der Waals surface area contributed by atoms with E-state index in [9.17, 15) is 0 Å². The van der Waals surface area contributed by atoms with Crippen LogP contribution in [0.5, 0.6) is 0 Å². The van der Waals surface area contributed by atoms with Crippen LogP contribution in [0.2, 0.25) is 0 Å². The number of benzene rings is 14. The second-order valence-electron chi connectivity index (χ2n) is 24.0. The van der Waals surface area contributed by atoms with E-state index in [4.69, 9.17) is 8.83 Å². The van der Waals surface area contributed by atoms with Gasteiger partial charge in [0.15, 0.2) is 11.2 Å². The van der Waals surface area contributed by atoms with Crippen LogP contribution in [0.3, 0.4) is 0 Å². The zero-order valence-corrected chi connectivity index (χ0v) is 49.0. The summed E-state index contributed by atoms with van der Waals surface area (Å²) in [5, 5.41) is 9.29. The van der Waals surface area contributed by atoms with Crippen LogP contribution < -0.4 is 9.80 Å². The number of aryl methyl sites for hydroxylation is 1. The third-order valence-corrected chi connectivity index (χ3v) is 18.6. The highest BCUT2D eigenvalue weighted by Gasteiger charge is 2.36. The fourth-order valence-electron chi connectivity index (χ4n) is 14.3. The largest absolute Gasteiger partial charge is 0.454 e. The summed E-state index contributed by atoms with van der Waals surface area (Å²) >= 11 is 0. The topological polar surface area (TPSA) is 32.8 Å². The van der Waals surface area contributed by atoms with Crippen molar-refractivity contribution in [3.63, 3.8) is 0 Å². The van der Waals surface area contributed by atoms with Gasteiger partial charge in [0.2, 0.25) is 0 Å². The molecule has 0 bridgehead atoms. The lowest BCUT2D eigenvalue weighted by Crippen LogP contribution is -2.25. The fourth-order valence-corrected chi connectivity index (χ4v) is 14.3. The van der Waals surface area contributed by atoms with Crippen molar-refractivity contribution in [2.75, 3.05) is 9.80 Å². The van der Waals surface area contributed by atoms with E-state index in [1.54, 1.807) is 0 Å². The molecule has 14 aromatic carbocycles. The normalized spacial score (nSPS) is 12.6. The van der Waals surface area contributed by atoms with Crippen molar-refractivity contribution >= 4 is 99.5 Å². The van der Waals surface area contributed by atoms with Gasteiger partial charge in [0.05, 0.1) is 11.4 Å². The molecule has 0 unspecified atom stereocenters. The standard InChI is InChI=1S/C84H58N2O2/c1-53-66-43-41-62(85(76-37-21-34-70-67-31-16-18-39-78(67)87-82(70)76)64-47-58(54-23-8-4-9-24-54)45-59(48-64)55-25-10-5-11-26-55)51-73(66)69-33-20-36-74-81(69)80(53)72-44-42-63(52-75(72)84(74,2)3)86(77-38-22-35-71-68-32-17-19-40-79(68)88-83(71)77)65-49-60(56-27-12-6-13-28-56)46-61(50-65)57-29-14-7-15-30-57/h4-52H,1-3H3. The van der Waals surface area contributed by atoms with E-state index in [0.29, 0.717) is 0 Å². The number of hydrogen-bond acceptors (Lipinski definition) is 4. The van der Waals surface area contributed by atoms with Gasteiger partial charge in [-0.15, -0.1) is 0 Å². The van der Waals surface area contributed by atoms with E-state index in [0.717, 1.165) is 123 Å². The van der Waals surface area contributed by atoms with Gasteiger partial charge in [0, 0.05) is 49.7 Å². The highest BCUT2D eigenvalue weighted by Crippen LogP contribution is 2.55. The maximum absolute atomic E-state index is 6.93. The minimum atomic E-state index is -0.414. The van der Waals surface area contributed by atoms with Crippen LogP contribution in [0.15, 0.2) is 306 Å². The summed E-state index contributed by atoms with van der Waals surface area (Å²) in [4.78, 5) is 4.85. The van der Waals surface area contributed by atoms with Crippen molar-refractivity contribution in [1.29, 1.82) is 0 Å². The summed E-state index contributed by atoms with van der Waals surface area (Å²) in [6, 6.07) is 108. The third-order valence-electron chi connectivity index (χ3n) is 18.6. The van der Waals surface area contributed by atoms with E-state index in [1.165, 1.54) is 49.4 Å². The summed E-state index contributed by atoms with van der Waals surface area (Å²) < 4.78 is 13.9. The number of furan rings is 2. The van der Waals surface area contributed by atoms with Gasteiger partial charge < -0.3 is 18.6 Å². The Hall–Kier alpha value is -11.2. The Morgan fingerprint density at radius 2 is 0.693 bits per heavy atom. The Bertz CT molecular complexity index is 5310. The molecule has 4 nitrogen and oxygen atoms in total. The average Bonchev–Trinajstić information content (AvgIpc) is 0.876. The Morgan fingerprint density at radius 1 is 0.284 bits per heavy atom. The molecule has 0 N–H and O–H groups in total. The van der Waals surface area contributed by atoms with Gasteiger partial charge in [-0.3, -0.25) is 0 Å². The molecule has 88 heavy (non-hydrogen) atoms. The molecule has 2 aromatic heterocycles. The molecule has 0 radical (unpaired) electrons. The van der Waals surface area contributed by atoms with Gasteiger partial charge in [-0.05, 0) is 186 Å². The van der Waals surface area contributed by atoms with E-state index >= 15 is 0 Å². The van der Waals surface area contributed by atoms with Crippen molar-refractivity contribution < 1.29 is 8.83 Å². The molecule has 0 amide bonds. The number of fused-ring (bicyclic) bond motifs is 10. The van der Waals surface area contributed by atoms with E-state index < -0.39 is 5.41 Å². The Morgan fingerprint density at radius 3 is 1.18 bits per heavy atom. The molecule has 0 atom stereocenters. The lowest BCUT2D eigenvalue weighted by molar-refractivity contribution is 0.645. The molecular weight excluding hydrogens is 1070 g/mol. The van der Waals surface area contributed by atoms with Crippen LogP contribution in [-0.4, -0.2) is 0 Å². The first-order valence-electron chi connectivity index (χ1n) is 30.4. The maximum Gasteiger partial charge on any atom is 0.159 e. The van der Waals surface area contributed by atoms with Gasteiger partial charge in [-0.2, -0.15) is 0 Å². The van der Waals surface area contributed by atoms with Crippen LogP contribution in [0.1, 0.15) is 30.5 Å². The molecule has 0 aliphatic heterocycles. The monoisotopic (exact) mass is 1130 g/mol. The first-order valence-corrected chi connectivity index (χ1v) is 30.4. The van der Waals surface area contributed by atoms with Crippen LogP contribution in [0.25, 0.3) is 121 Å². The van der Waals surface area contributed by atoms with Gasteiger partial charge in [0.25, 0.3) is 0 Å². The van der Waals surface area contributed by atoms with Crippen LogP contribution in [0, 0.1) is 6.92 Å². The average molecular weight is 1130 g/mol. The zero-order valence-electron chi connectivity index (χ0n) is 49.0. The summed E-state index contributed by atoms with van der Waals surface area (Å²) in [5.41, 5.74) is 24.6. The SMILES string of the molecule is Cc1c2c3c(cccc3c3cc(N(c4cc(-c5ccccc5)cc(-c5ccccc5)c4)c4cccc5c4oc4ccccc45)ccc13)C(C)(C)c1cc(N(c3cc(-c4ccccc4)cc(-c4ccccc4)c3)c3cccc4c3oc3ccccc34)ccc1-2. The fraction of sp³-hybridized carbons (Fsp3) is 0.0476. The molecule has 17 rings (SSSR count). The van der Waals surface area contributed by atoms with Gasteiger partial charge in [-0.25, -0.2) is 0 Å². The second kappa shape index (κ2) is 20.2. The van der Waals surface area contributed by atoms with E-state index in [-0.39, 0.29) is 0 Å². The number of anilines is 6. The molecule has 1 aliphatic rings. The number of para-hydroxylation sites is 4. The quantitative estimate of drug-likeness (QED) is 0.128. The number of rotatable bonds is 10. The van der Waals surface area contributed by atoms with Crippen molar-refractivity contribution in [3.8, 4) is 55.6 Å². The van der Waals surface area contributed by atoms with Crippen molar-refractivity contribution in [2.45, 2.75) is 26.2 Å². The van der Waals surface area contributed by atoms with Crippen molar-refractivity contribution in [1.82, 2.24) is 0 Å². The highest BCUT2D eigenvalue weighted by molar-refractivity contribution is 6.20. The molecule has 4 heteroatoms. The zero-order chi connectivity index (χ0) is 58.6. The number of hydrogen-bond donors (Lipinski definition) is 0. The lowest BCUT2D eigenvalue weighted by atomic mass is 9.67. The molecule has 2 heterocycles. The van der Waals surface area contributed by atoms with E-state index in [2.05, 4.69) is 328 Å². The van der Waals surface area contributed by atoms with Gasteiger partial charge in [-0.1, -0.05) is 226 Å². The third kappa shape index (κ3) is 8.21. The molecule has 0 spiro atoms. The molecule has 0 fully saturated rings. The summed E-state index contributed by atoms with van der Waals surface area (Å²) in [6.45, 7) is 7.16. The molecule has 0 saturated heterocycles. The molecule has 1 aliphatic carbocycles. The van der Waals surface area contributed by atoms with Crippen molar-refractivity contribution in [2.24, 2.45) is 0 Å². The predicted molar refractivity (Wildman–Crippen MR) is 369 cm³/mol. The molecule has 16 aromatic rings. The van der Waals surface area contributed by atoms with Crippen LogP contribution in [0.4, 0.5) is 34.1 Å². The lowest BCUT2D eigenvalue weighted by Gasteiger charge is -2.38. The molecular formula is C84H58N2O2. The predicted octanol–water partition coefficient (Wildman–Crippen LogP) is 24.0. The Kier molecular flexibility index (Phi) is 11.8. The minimum Gasteiger partial charge on any atom is -0.454 e. The summed E-state index contributed by atoms with van der Waals surface area (Å²) in [5.74, 6) is 0. The smallest absolute Gasteiger partial charge is 0.159 e. The molecule has 416 valence electrons. The highest BCUT2D eigenvalue weighted by atomic mass is 16.3. The van der Waals surface area contributed by atoms with E-state index in [1.807, 2.05) is 0 Å². The first kappa shape index (κ1) is 51.2. The summed E-state index contributed by atoms with van der Waals surface area (Å²) in [7, 11) is 0. The van der Waals surface area contributed by atoms with Crippen molar-refractivity contribution in [3.05, 3.63) is 314 Å². The molecule has 0 saturated carbocycles. The van der Waals surface area contributed by atoms with Crippen LogP contribution in [-0.2, 0) is 5.41 Å². The Labute approximate surface area is 511 Å². The Balaban J connectivity index is 0.879. The maximum atomic E-state index is 6.93. The first-order chi connectivity index (χ1) is 43.3.